The Labute approximate surface area is 205 Å². The van der Waals surface area contributed by atoms with Crippen LogP contribution in [0.2, 0.25) is 0 Å². The SMILES string of the molecule is O=C(O)COC[C@H]1CC[C@@H](Cn2nc(-c3ccccc3CF)c(-c3ccccc3)c2CCO)CC1. The molecule has 1 saturated carbocycles. The zero-order valence-electron chi connectivity index (χ0n) is 19.9. The highest BCUT2D eigenvalue weighted by atomic mass is 19.1. The van der Waals surface area contributed by atoms with E-state index in [0.29, 0.717) is 30.4 Å². The Kier molecular flexibility index (Phi) is 8.66. The number of aliphatic hydroxyl groups excluding tert-OH is 1. The fraction of sp³-hybridized carbons (Fsp3) is 0.429. The standard InChI is InChI=1S/C28H33FN2O4/c29-16-23-8-4-5-9-24(23)28-27(22-6-2-1-3-7-22)25(14-15-32)31(30-28)17-20-10-12-21(13-11-20)18-35-19-26(33)34/h1-9,20-21,32H,10-19H2,(H,33,34)/t20-,21+. The summed E-state index contributed by atoms with van der Waals surface area (Å²) < 4.78 is 21.2. The van der Waals surface area contributed by atoms with E-state index < -0.39 is 12.6 Å². The molecular weight excluding hydrogens is 447 g/mol. The summed E-state index contributed by atoms with van der Waals surface area (Å²) in [6.07, 6.45) is 4.47. The maximum Gasteiger partial charge on any atom is 0.329 e. The molecule has 1 aliphatic rings. The molecule has 4 rings (SSSR count). The number of aliphatic carboxylic acids is 1. The highest BCUT2D eigenvalue weighted by Gasteiger charge is 2.26. The highest BCUT2D eigenvalue weighted by Crippen LogP contribution is 2.38. The van der Waals surface area contributed by atoms with Crippen LogP contribution in [-0.4, -0.2) is 45.8 Å². The van der Waals surface area contributed by atoms with Crippen LogP contribution in [0.4, 0.5) is 4.39 Å². The van der Waals surface area contributed by atoms with Gasteiger partial charge in [0.2, 0.25) is 0 Å². The van der Waals surface area contributed by atoms with E-state index in [9.17, 15) is 14.3 Å². The van der Waals surface area contributed by atoms with Crippen molar-refractivity contribution in [1.29, 1.82) is 0 Å². The van der Waals surface area contributed by atoms with Crippen molar-refractivity contribution in [3.8, 4) is 22.4 Å². The van der Waals surface area contributed by atoms with Crippen molar-refractivity contribution in [3.05, 3.63) is 65.9 Å². The number of nitrogens with zero attached hydrogens (tertiary/aromatic N) is 2. The van der Waals surface area contributed by atoms with Crippen molar-refractivity contribution in [3.63, 3.8) is 0 Å². The van der Waals surface area contributed by atoms with Crippen molar-refractivity contribution in [2.75, 3.05) is 19.8 Å². The van der Waals surface area contributed by atoms with Gasteiger partial charge < -0.3 is 14.9 Å². The number of alkyl halides is 1. The fourth-order valence-corrected chi connectivity index (χ4v) is 5.11. The zero-order valence-corrected chi connectivity index (χ0v) is 19.9. The molecule has 0 unspecified atom stereocenters. The van der Waals surface area contributed by atoms with Crippen molar-refractivity contribution in [2.45, 2.75) is 45.3 Å². The molecule has 2 aromatic carbocycles. The second kappa shape index (κ2) is 12.1. The highest BCUT2D eigenvalue weighted by molar-refractivity contribution is 5.84. The number of hydrogen-bond donors (Lipinski definition) is 2. The molecule has 2 N–H and O–H groups in total. The lowest BCUT2D eigenvalue weighted by Gasteiger charge is -2.28. The summed E-state index contributed by atoms with van der Waals surface area (Å²) >= 11 is 0. The molecule has 6 nitrogen and oxygen atoms in total. The van der Waals surface area contributed by atoms with Gasteiger partial charge >= 0.3 is 5.97 Å². The zero-order chi connectivity index (χ0) is 24.6. The Morgan fingerprint density at radius 1 is 1.03 bits per heavy atom. The average molecular weight is 481 g/mol. The summed E-state index contributed by atoms with van der Waals surface area (Å²) in [4.78, 5) is 10.7. The van der Waals surface area contributed by atoms with Gasteiger partial charge in [-0.05, 0) is 48.6 Å². The first-order valence-corrected chi connectivity index (χ1v) is 12.3. The number of benzene rings is 2. The number of carboxylic acid groups (broad SMARTS) is 1. The molecule has 0 spiro atoms. The minimum atomic E-state index is -0.937. The number of ether oxygens (including phenoxy) is 1. The van der Waals surface area contributed by atoms with E-state index in [-0.39, 0.29) is 13.2 Å². The summed E-state index contributed by atoms with van der Waals surface area (Å²) in [5, 5.41) is 23.7. The van der Waals surface area contributed by atoms with Gasteiger partial charge in [0, 0.05) is 36.4 Å². The molecule has 186 valence electrons. The Bertz CT molecular complexity index is 1110. The molecule has 1 aliphatic carbocycles. The third kappa shape index (κ3) is 6.16. The first kappa shape index (κ1) is 25.1. The minimum absolute atomic E-state index is 0.00335. The van der Waals surface area contributed by atoms with Gasteiger partial charge in [0.1, 0.15) is 19.0 Å². The van der Waals surface area contributed by atoms with Crippen molar-refractivity contribution in [2.24, 2.45) is 11.8 Å². The van der Waals surface area contributed by atoms with Gasteiger partial charge in [-0.3, -0.25) is 4.68 Å². The minimum Gasteiger partial charge on any atom is -0.480 e. The van der Waals surface area contributed by atoms with E-state index in [0.717, 1.165) is 60.3 Å². The molecule has 0 saturated heterocycles. The van der Waals surface area contributed by atoms with Crippen molar-refractivity contribution < 1.29 is 24.1 Å². The van der Waals surface area contributed by atoms with E-state index >= 15 is 0 Å². The number of carbonyl (C=O) groups is 1. The molecule has 3 aromatic rings. The Balaban J connectivity index is 1.62. The molecule has 0 bridgehead atoms. The summed E-state index contributed by atoms with van der Waals surface area (Å²) in [6.45, 7) is 0.404. The summed E-state index contributed by atoms with van der Waals surface area (Å²) in [7, 11) is 0. The Hall–Kier alpha value is -3.03. The molecule has 0 amide bonds. The second-order valence-electron chi connectivity index (χ2n) is 9.28. The van der Waals surface area contributed by atoms with Gasteiger partial charge in [-0.15, -0.1) is 0 Å². The van der Waals surface area contributed by atoms with E-state index in [1.165, 1.54) is 0 Å². The van der Waals surface area contributed by atoms with Gasteiger partial charge in [-0.2, -0.15) is 5.10 Å². The van der Waals surface area contributed by atoms with Gasteiger partial charge in [0.25, 0.3) is 0 Å². The van der Waals surface area contributed by atoms with Crippen LogP contribution in [0.1, 0.15) is 36.9 Å². The van der Waals surface area contributed by atoms with Crippen LogP contribution in [-0.2, 0) is 29.2 Å². The lowest BCUT2D eigenvalue weighted by molar-refractivity contribution is -0.142. The molecule has 0 radical (unpaired) electrons. The predicted molar refractivity (Wildman–Crippen MR) is 133 cm³/mol. The number of aliphatic hydroxyl groups is 1. The maximum atomic E-state index is 13.9. The lowest BCUT2D eigenvalue weighted by atomic mass is 9.82. The predicted octanol–water partition coefficient (Wildman–Crippen LogP) is 5.13. The molecule has 0 atom stereocenters. The number of aromatic nitrogens is 2. The van der Waals surface area contributed by atoms with Gasteiger partial charge in [-0.1, -0.05) is 54.6 Å². The molecular formula is C28H33FN2O4. The molecule has 7 heteroatoms. The quantitative estimate of drug-likeness (QED) is 0.398. The van der Waals surface area contributed by atoms with E-state index in [1.807, 2.05) is 53.2 Å². The van der Waals surface area contributed by atoms with Gasteiger partial charge in [0.05, 0.1) is 6.61 Å². The van der Waals surface area contributed by atoms with E-state index in [1.54, 1.807) is 6.07 Å². The van der Waals surface area contributed by atoms with Crippen molar-refractivity contribution in [1.82, 2.24) is 9.78 Å². The van der Waals surface area contributed by atoms with Gasteiger partial charge in [0.15, 0.2) is 0 Å². The van der Waals surface area contributed by atoms with Crippen LogP contribution in [0.15, 0.2) is 54.6 Å². The molecule has 35 heavy (non-hydrogen) atoms. The fourth-order valence-electron chi connectivity index (χ4n) is 5.11. The summed E-state index contributed by atoms with van der Waals surface area (Å²) in [5.74, 6) is -0.129. The van der Waals surface area contributed by atoms with Crippen LogP contribution in [0.5, 0.6) is 0 Å². The smallest absolute Gasteiger partial charge is 0.329 e. The summed E-state index contributed by atoms with van der Waals surface area (Å²) in [5.41, 5.74) is 5.07. The summed E-state index contributed by atoms with van der Waals surface area (Å²) in [6, 6.07) is 17.4. The third-order valence-corrected chi connectivity index (χ3v) is 6.86. The normalized spacial score (nSPS) is 18.0. The van der Waals surface area contributed by atoms with Crippen LogP contribution < -0.4 is 0 Å². The largest absolute Gasteiger partial charge is 0.480 e. The van der Waals surface area contributed by atoms with Crippen molar-refractivity contribution >= 4 is 5.97 Å². The molecule has 0 aliphatic heterocycles. The van der Waals surface area contributed by atoms with E-state index in [4.69, 9.17) is 14.9 Å². The van der Waals surface area contributed by atoms with Gasteiger partial charge in [-0.25, -0.2) is 9.18 Å². The lowest BCUT2D eigenvalue weighted by Crippen LogP contribution is -2.24. The number of hydrogen-bond acceptors (Lipinski definition) is 4. The number of rotatable bonds is 11. The molecule has 1 aromatic heterocycles. The average Bonchev–Trinajstić information content (AvgIpc) is 3.23. The first-order valence-electron chi connectivity index (χ1n) is 12.3. The Morgan fingerprint density at radius 3 is 2.40 bits per heavy atom. The van der Waals surface area contributed by atoms with Crippen LogP contribution in [0, 0.1) is 11.8 Å². The third-order valence-electron chi connectivity index (χ3n) is 6.86. The van der Waals surface area contributed by atoms with Crippen LogP contribution >= 0.6 is 0 Å². The topological polar surface area (TPSA) is 84.6 Å². The van der Waals surface area contributed by atoms with Crippen LogP contribution in [0.25, 0.3) is 22.4 Å². The number of halogens is 1. The first-order chi connectivity index (χ1) is 17.1. The van der Waals surface area contributed by atoms with E-state index in [2.05, 4.69) is 0 Å². The molecule has 1 heterocycles. The monoisotopic (exact) mass is 480 g/mol. The second-order valence-corrected chi connectivity index (χ2v) is 9.28. The Morgan fingerprint density at radius 2 is 1.71 bits per heavy atom. The molecule has 1 fully saturated rings. The number of carboxylic acids is 1. The van der Waals surface area contributed by atoms with Crippen LogP contribution in [0.3, 0.4) is 0 Å². The maximum absolute atomic E-state index is 13.9.